The molecule has 1 saturated heterocycles. The minimum absolute atomic E-state index is 0.0212. The van der Waals surface area contributed by atoms with Gasteiger partial charge in [0.25, 0.3) is 5.91 Å². The second-order valence-corrected chi connectivity index (χ2v) is 7.48. The molecule has 3 rings (SSSR count). The lowest BCUT2D eigenvalue weighted by Crippen LogP contribution is -2.45. The SMILES string of the molecule is CO/N=C(/C(=O)NN1CC(=O)S[C@H]1c1ccco1)c1csc(NC(C)=O)c1. The van der Waals surface area contributed by atoms with Crippen LogP contribution in [0.1, 0.15) is 23.6 Å². The van der Waals surface area contributed by atoms with Gasteiger partial charge in [0.15, 0.2) is 5.71 Å². The maximum atomic E-state index is 12.7. The molecule has 1 aliphatic rings. The fraction of sp³-hybridized carbons (Fsp3) is 0.250. The zero-order valence-electron chi connectivity index (χ0n) is 14.4. The number of hydrogen-bond acceptors (Lipinski definition) is 9. The van der Waals surface area contributed by atoms with E-state index in [4.69, 9.17) is 9.25 Å². The Bertz CT molecular complexity index is 877. The number of thiophene rings is 1. The molecule has 2 N–H and O–H groups in total. The predicted octanol–water partition coefficient (Wildman–Crippen LogP) is 1.96. The quantitative estimate of drug-likeness (QED) is 0.555. The number of furan rings is 1. The number of oxime groups is 1. The van der Waals surface area contributed by atoms with Gasteiger partial charge in [0.05, 0.1) is 17.8 Å². The van der Waals surface area contributed by atoms with E-state index in [-0.39, 0.29) is 23.3 Å². The Labute approximate surface area is 162 Å². The second-order valence-electron chi connectivity index (χ2n) is 5.43. The summed E-state index contributed by atoms with van der Waals surface area (Å²) in [5.41, 5.74) is 3.18. The van der Waals surface area contributed by atoms with Crippen molar-refractivity contribution in [3.8, 4) is 0 Å². The molecule has 9 nitrogen and oxygen atoms in total. The number of carbonyl (C=O) groups excluding carboxylic acids is 3. The Morgan fingerprint density at radius 1 is 1.44 bits per heavy atom. The van der Waals surface area contributed by atoms with Crippen molar-refractivity contribution in [1.82, 2.24) is 10.4 Å². The van der Waals surface area contributed by atoms with Crippen LogP contribution in [0.2, 0.25) is 0 Å². The highest BCUT2D eigenvalue weighted by molar-refractivity contribution is 8.14. The van der Waals surface area contributed by atoms with Crippen molar-refractivity contribution in [3.05, 3.63) is 41.2 Å². The van der Waals surface area contributed by atoms with Crippen LogP contribution < -0.4 is 10.7 Å². The minimum atomic E-state index is -0.545. The molecule has 1 atom stereocenters. The molecule has 3 heterocycles. The topological polar surface area (TPSA) is 113 Å². The molecule has 0 bridgehead atoms. The molecule has 2 aromatic rings. The van der Waals surface area contributed by atoms with E-state index in [1.54, 1.807) is 23.6 Å². The van der Waals surface area contributed by atoms with E-state index >= 15 is 0 Å². The molecular formula is C16H16N4O5S2. The number of hydrazine groups is 1. The summed E-state index contributed by atoms with van der Waals surface area (Å²) in [7, 11) is 1.33. The molecule has 0 aliphatic carbocycles. The molecule has 0 saturated carbocycles. The van der Waals surface area contributed by atoms with Crippen LogP contribution in [0.5, 0.6) is 0 Å². The first-order valence-electron chi connectivity index (χ1n) is 7.76. The van der Waals surface area contributed by atoms with Crippen molar-refractivity contribution >= 4 is 50.7 Å². The molecule has 0 spiro atoms. The molecular weight excluding hydrogens is 392 g/mol. The van der Waals surface area contributed by atoms with Crippen molar-refractivity contribution in [2.45, 2.75) is 12.3 Å². The van der Waals surface area contributed by atoms with Gasteiger partial charge >= 0.3 is 0 Å². The van der Waals surface area contributed by atoms with Gasteiger partial charge in [-0.15, -0.1) is 11.3 Å². The summed E-state index contributed by atoms with van der Waals surface area (Å²) in [6.07, 6.45) is 1.51. The highest BCUT2D eigenvalue weighted by Gasteiger charge is 2.36. The van der Waals surface area contributed by atoms with E-state index in [1.807, 2.05) is 0 Å². The Kier molecular flexibility index (Phi) is 5.94. The van der Waals surface area contributed by atoms with Crippen molar-refractivity contribution in [2.75, 3.05) is 19.0 Å². The summed E-state index contributed by atoms with van der Waals surface area (Å²) in [4.78, 5) is 40.6. The molecule has 1 fully saturated rings. The van der Waals surface area contributed by atoms with Crippen LogP contribution in [0, 0.1) is 0 Å². The van der Waals surface area contributed by atoms with Crippen molar-refractivity contribution in [2.24, 2.45) is 5.16 Å². The van der Waals surface area contributed by atoms with E-state index in [9.17, 15) is 14.4 Å². The Morgan fingerprint density at radius 3 is 2.93 bits per heavy atom. The first-order chi connectivity index (χ1) is 13.0. The number of anilines is 1. The Balaban J connectivity index is 1.77. The van der Waals surface area contributed by atoms with E-state index < -0.39 is 11.3 Å². The highest BCUT2D eigenvalue weighted by atomic mass is 32.2. The summed E-state index contributed by atoms with van der Waals surface area (Å²) in [5.74, 6) is -0.206. The number of nitrogens with one attached hydrogen (secondary N) is 2. The van der Waals surface area contributed by atoms with Crippen LogP contribution in [-0.4, -0.2) is 41.3 Å². The van der Waals surface area contributed by atoms with Crippen LogP contribution >= 0.6 is 23.1 Å². The third-order valence-electron chi connectivity index (χ3n) is 3.43. The summed E-state index contributed by atoms with van der Waals surface area (Å²) in [6, 6.07) is 5.07. The number of amides is 2. The standard InChI is InChI=1S/C16H16N4O5S2/c1-9(21)17-12-6-10(8-26-12)14(19-24-2)15(23)18-20-7-13(22)27-16(20)11-4-3-5-25-11/h3-6,8,16H,7H2,1-2H3,(H,17,21)(H,18,23)/b19-14+/t16-/m0/s1. The second kappa shape index (κ2) is 8.37. The molecule has 1 aliphatic heterocycles. The minimum Gasteiger partial charge on any atom is -0.467 e. The van der Waals surface area contributed by atoms with Gasteiger partial charge in [-0.3, -0.25) is 19.8 Å². The lowest BCUT2D eigenvalue weighted by atomic mass is 10.2. The maximum absolute atomic E-state index is 12.7. The average molecular weight is 408 g/mol. The van der Waals surface area contributed by atoms with Crippen LogP contribution in [-0.2, 0) is 19.2 Å². The fourth-order valence-electron chi connectivity index (χ4n) is 2.39. The van der Waals surface area contributed by atoms with Gasteiger partial charge in [0.2, 0.25) is 11.0 Å². The van der Waals surface area contributed by atoms with E-state index in [1.165, 1.54) is 36.6 Å². The molecule has 142 valence electrons. The lowest BCUT2D eigenvalue weighted by molar-refractivity contribution is -0.120. The van der Waals surface area contributed by atoms with Gasteiger partial charge in [-0.2, -0.15) is 5.01 Å². The van der Waals surface area contributed by atoms with E-state index in [2.05, 4.69) is 15.9 Å². The summed E-state index contributed by atoms with van der Waals surface area (Å²) in [5, 5.41) is 9.63. The summed E-state index contributed by atoms with van der Waals surface area (Å²) in [6.45, 7) is 1.43. The van der Waals surface area contributed by atoms with Crippen molar-refractivity contribution in [3.63, 3.8) is 0 Å². The van der Waals surface area contributed by atoms with Gasteiger partial charge in [0.1, 0.15) is 18.2 Å². The largest absolute Gasteiger partial charge is 0.467 e. The number of carbonyl (C=O) groups is 3. The molecule has 0 radical (unpaired) electrons. The smallest absolute Gasteiger partial charge is 0.288 e. The molecule has 0 aromatic carbocycles. The first kappa shape index (κ1) is 19.1. The summed E-state index contributed by atoms with van der Waals surface area (Å²) >= 11 is 2.32. The van der Waals surface area contributed by atoms with Crippen LogP contribution in [0.25, 0.3) is 0 Å². The maximum Gasteiger partial charge on any atom is 0.288 e. The Morgan fingerprint density at radius 2 is 2.26 bits per heavy atom. The molecule has 2 aromatic heterocycles. The number of rotatable bonds is 6. The number of hydrogen-bond donors (Lipinski definition) is 2. The number of thioether (sulfide) groups is 1. The lowest BCUT2D eigenvalue weighted by Gasteiger charge is -2.21. The van der Waals surface area contributed by atoms with Gasteiger partial charge in [-0.1, -0.05) is 16.9 Å². The van der Waals surface area contributed by atoms with Crippen LogP contribution in [0.3, 0.4) is 0 Å². The molecule has 2 amide bonds. The van der Waals surface area contributed by atoms with Crippen molar-refractivity contribution in [1.29, 1.82) is 0 Å². The third-order valence-corrected chi connectivity index (χ3v) is 5.37. The van der Waals surface area contributed by atoms with Gasteiger partial charge in [0, 0.05) is 17.9 Å². The Hall–Kier alpha value is -2.63. The first-order valence-corrected chi connectivity index (χ1v) is 9.52. The number of nitrogens with zero attached hydrogens (tertiary/aromatic N) is 2. The van der Waals surface area contributed by atoms with Gasteiger partial charge in [-0.05, 0) is 18.2 Å². The monoisotopic (exact) mass is 408 g/mol. The van der Waals surface area contributed by atoms with Gasteiger partial charge in [-0.25, -0.2) is 0 Å². The summed E-state index contributed by atoms with van der Waals surface area (Å²) < 4.78 is 5.35. The zero-order valence-corrected chi connectivity index (χ0v) is 16.1. The van der Waals surface area contributed by atoms with E-state index in [0.717, 1.165) is 11.8 Å². The van der Waals surface area contributed by atoms with Crippen molar-refractivity contribution < 1.29 is 23.6 Å². The normalized spacial score (nSPS) is 17.8. The van der Waals surface area contributed by atoms with Crippen LogP contribution in [0.4, 0.5) is 5.00 Å². The zero-order chi connectivity index (χ0) is 19.4. The molecule has 0 unspecified atom stereocenters. The highest BCUT2D eigenvalue weighted by Crippen LogP contribution is 2.37. The predicted molar refractivity (Wildman–Crippen MR) is 101 cm³/mol. The van der Waals surface area contributed by atoms with Crippen LogP contribution in [0.15, 0.2) is 39.4 Å². The fourth-order valence-corrected chi connectivity index (χ4v) is 4.19. The van der Waals surface area contributed by atoms with Gasteiger partial charge < -0.3 is 14.6 Å². The van der Waals surface area contributed by atoms with E-state index in [0.29, 0.717) is 16.3 Å². The average Bonchev–Trinajstić information content (AvgIpc) is 3.33. The molecule has 11 heteroatoms. The third kappa shape index (κ3) is 4.56. The molecule has 27 heavy (non-hydrogen) atoms.